The molecule has 0 amide bonds. The van der Waals surface area contributed by atoms with Gasteiger partial charge in [-0.2, -0.15) is 0 Å². The van der Waals surface area contributed by atoms with Gasteiger partial charge >= 0.3 is 0 Å². The lowest BCUT2D eigenvalue weighted by molar-refractivity contribution is 0.0263. The fraction of sp³-hybridized carbons (Fsp3) is 0.625. The Morgan fingerprint density at radius 1 is 1.35 bits per heavy atom. The molecule has 1 aromatic carbocycles. The van der Waals surface area contributed by atoms with Crippen molar-refractivity contribution in [1.82, 2.24) is 4.90 Å². The summed E-state index contributed by atoms with van der Waals surface area (Å²) in [5.74, 6) is 0.585. The van der Waals surface area contributed by atoms with Gasteiger partial charge in [0.2, 0.25) is 0 Å². The Labute approximate surface area is 121 Å². The third kappa shape index (κ3) is 3.20. The van der Waals surface area contributed by atoms with E-state index in [-0.39, 0.29) is 6.10 Å². The molecule has 0 aliphatic carbocycles. The summed E-state index contributed by atoms with van der Waals surface area (Å²) in [4.78, 5) is 2.40. The Kier molecular flexibility index (Phi) is 5.54. The van der Waals surface area contributed by atoms with E-state index in [0.717, 1.165) is 19.5 Å². The lowest BCUT2D eigenvalue weighted by Crippen LogP contribution is -2.22. The molecule has 112 valence electrons. The molecule has 20 heavy (non-hydrogen) atoms. The van der Waals surface area contributed by atoms with Crippen LogP contribution in [-0.2, 0) is 9.47 Å². The van der Waals surface area contributed by atoms with E-state index >= 15 is 0 Å². The number of nitrogens with two attached hydrogens (primary N) is 1. The van der Waals surface area contributed by atoms with Gasteiger partial charge in [-0.05, 0) is 37.1 Å². The highest BCUT2D eigenvalue weighted by atomic mass is 16.5. The molecule has 0 saturated carbocycles. The molecule has 0 radical (unpaired) electrons. The maximum atomic E-state index is 5.84. The van der Waals surface area contributed by atoms with Crippen LogP contribution in [0.15, 0.2) is 24.3 Å². The Balaban J connectivity index is 2.27. The van der Waals surface area contributed by atoms with Gasteiger partial charge in [0.15, 0.2) is 0 Å². The molecule has 4 nitrogen and oxygen atoms in total. The van der Waals surface area contributed by atoms with Gasteiger partial charge in [-0.15, -0.1) is 0 Å². The second kappa shape index (κ2) is 7.18. The topological polar surface area (TPSA) is 47.7 Å². The average molecular weight is 278 g/mol. The maximum absolute atomic E-state index is 5.84. The summed E-state index contributed by atoms with van der Waals surface area (Å²) in [5.41, 5.74) is 8.41. The number of hydrogen-bond acceptors (Lipinski definition) is 4. The monoisotopic (exact) mass is 278 g/mol. The van der Waals surface area contributed by atoms with Gasteiger partial charge in [-0.25, -0.2) is 0 Å². The lowest BCUT2D eigenvalue weighted by atomic mass is 9.93. The number of rotatable bonds is 6. The first kappa shape index (κ1) is 15.4. The van der Waals surface area contributed by atoms with Crippen molar-refractivity contribution in [3.05, 3.63) is 35.4 Å². The van der Waals surface area contributed by atoms with Gasteiger partial charge in [0.25, 0.3) is 0 Å². The summed E-state index contributed by atoms with van der Waals surface area (Å²) in [5, 5.41) is 0. The van der Waals surface area contributed by atoms with Gasteiger partial charge in [-0.3, -0.25) is 4.90 Å². The second-order valence-corrected chi connectivity index (χ2v) is 5.60. The average Bonchev–Trinajstić information content (AvgIpc) is 2.86. The first-order valence-electron chi connectivity index (χ1n) is 7.22. The van der Waals surface area contributed by atoms with Crippen LogP contribution in [0.4, 0.5) is 0 Å². The molecule has 0 bridgehead atoms. The SMILES string of the molecule is COCC(OC)c1ccccc1C1CC(CN)CN1C. The van der Waals surface area contributed by atoms with Gasteiger partial charge in [-0.1, -0.05) is 24.3 Å². The molecule has 2 rings (SSSR count). The summed E-state index contributed by atoms with van der Waals surface area (Å²) in [6.07, 6.45) is 1.11. The minimum Gasteiger partial charge on any atom is -0.382 e. The minimum absolute atomic E-state index is 0.0125. The number of nitrogens with zero attached hydrogens (tertiary/aromatic N) is 1. The standard InChI is InChI=1S/C16H26N2O2/c1-18-10-12(9-17)8-15(18)13-6-4-5-7-14(13)16(20-3)11-19-2/h4-7,12,15-16H,8-11,17H2,1-3H3. The first-order valence-corrected chi connectivity index (χ1v) is 7.22. The molecular formula is C16H26N2O2. The summed E-state index contributed by atoms with van der Waals surface area (Å²) in [6.45, 7) is 2.40. The van der Waals surface area contributed by atoms with Crippen LogP contribution in [0.1, 0.15) is 29.7 Å². The molecule has 2 N–H and O–H groups in total. The maximum Gasteiger partial charge on any atom is 0.106 e. The molecule has 4 heteroatoms. The highest BCUT2D eigenvalue weighted by Crippen LogP contribution is 2.37. The fourth-order valence-electron chi connectivity index (χ4n) is 3.18. The second-order valence-electron chi connectivity index (χ2n) is 5.60. The zero-order valence-corrected chi connectivity index (χ0v) is 12.7. The molecule has 1 heterocycles. The first-order chi connectivity index (χ1) is 9.71. The molecule has 3 unspecified atom stereocenters. The molecule has 1 saturated heterocycles. The van der Waals surface area contributed by atoms with Crippen molar-refractivity contribution in [3.8, 4) is 0 Å². The van der Waals surface area contributed by atoms with Crippen molar-refractivity contribution in [2.24, 2.45) is 11.7 Å². The van der Waals surface area contributed by atoms with Gasteiger partial charge < -0.3 is 15.2 Å². The van der Waals surface area contributed by atoms with Crippen molar-refractivity contribution in [1.29, 1.82) is 0 Å². The van der Waals surface area contributed by atoms with Crippen LogP contribution in [0.2, 0.25) is 0 Å². The zero-order valence-electron chi connectivity index (χ0n) is 12.7. The highest BCUT2D eigenvalue weighted by Gasteiger charge is 2.32. The van der Waals surface area contributed by atoms with E-state index in [1.165, 1.54) is 11.1 Å². The van der Waals surface area contributed by atoms with Crippen molar-refractivity contribution in [2.45, 2.75) is 18.6 Å². The van der Waals surface area contributed by atoms with Crippen LogP contribution in [0, 0.1) is 5.92 Å². The third-order valence-electron chi connectivity index (χ3n) is 4.27. The molecule has 3 atom stereocenters. The third-order valence-corrected chi connectivity index (χ3v) is 4.27. The van der Waals surface area contributed by atoms with Crippen LogP contribution < -0.4 is 5.73 Å². The van der Waals surface area contributed by atoms with E-state index in [9.17, 15) is 0 Å². The fourth-order valence-corrected chi connectivity index (χ4v) is 3.18. The number of methoxy groups -OCH3 is 2. The molecule has 0 aromatic heterocycles. The highest BCUT2D eigenvalue weighted by molar-refractivity contribution is 5.33. The van der Waals surface area contributed by atoms with Crippen LogP contribution in [-0.4, -0.2) is 45.9 Å². The predicted molar refractivity (Wildman–Crippen MR) is 80.6 cm³/mol. The molecular weight excluding hydrogens is 252 g/mol. The lowest BCUT2D eigenvalue weighted by Gasteiger charge is -2.25. The van der Waals surface area contributed by atoms with E-state index in [0.29, 0.717) is 18.6 Å². The molecule has 1 aromatic rings. The zero-order chi connectivity index (χ0) is 14.5. The van der Waals surface area contributed by atoms with E-state index in [1.807, 2.05) is 0 Å². The van der Waals surface area contributed by atoms with Crippen molar-refractivity contribution >= 4 is 0 Å². The van der Waals surface area contributed by atoms with Crippen LogP contribution in [0.3, 0.4) is 0 Å². The van der Waals surface area contributed by atoms with Crippen LogP contribution >= 0.6 is 0 Å². The Morgan fingerprint density at radius 2 is 2.10 bits per heavy atom. The number of benzene rings is 1. The van der Waals surface area contributed by atoms with Crippen molar-refractivity contribution in [3.63, 3.8) is 0 Å². The molecule has 1 aliphatic heterocycles. The normalized spacial score (nSPS) is 25.0. The number of ether oxygens (including phenoxy) is 2. The van der Waals surface area contributed by atoms with E-state index in [2.05, 4.69) is 36.2 Å². The van der Waals surface area contributed by atoms with E-state index in [1.54, 1.807) is 14.2 Å². The summed E-state index contributed by atoms with van der Waals surface area (Å²) in [7, 11) is 5.62. The number of hydrogen-bond donors (Lipinski definition) is 1. The summed E-state index contributed by atoms with van der Waals surface area (Å²) >= 11 is 0. The molecule has 0 spiro atoms. The van der Waals surface area contributed by atoms with Crippen LogP contribution in [0.25, 0.3) is 0 Å². The molecule has 1 aliphatic rings. The largest absolute Gasteiger partial charge is 0.382 e. The Hall–Kier alpha value is -0.940. The van der Waals surface area contributed by atoms with Gasteiger partial charge in [0.05, 0.1) is 6.61 Å². The Bertz CT molecular complexity index is 425. The molecule has 1 fully saturated rings. The quantitative estimate of drug-likeness (QED) is 0.864. The van der Waals surface area contributed by atoms with Crippen molar-refractivity contribution < 1.29 is 9.47 Å². The minimum atomic E-state index is -0.0125. The van der Waals surface area contributed by atoms with Crippen molar-refractivity contribution in [2.75, 3.05) is 41.0 Å². The van der Waals surface area contributed by atoms with E-state index < -0.39 is 0 Å². The number of likely N-dealkylation sites (tertiary alicyclic amines) is 1. The smallest absolute Gasteiger partial charge is 0.106 e. The van der Waals surface area contributed by atoms with Gasteiger partial charge in [0.1, 0.15) is 6.10 Å². The Morgan fingerprint density at radius 3 is 2.70 bits per heavy atom. The summed E-state index contributed by atoms with van der Waals surface area (Å²) in [6, 6.07) is 8.94. The summed E-state index contributed by atoms with van der Waals surface area (Å²) < 4.78 is 10.9. The van der Waals surface area contributed by atoms with E-state index in [4.69, 9.17) is 15.2 Å². The van der Waals surface area contributed by atoms with Crippen LogP contribution in [0.5, 0.6) is 0 Å². The predicted octanol–water partition coefficient (Wildman–Crippen LogP) is 1.97. The van der Waals surface area contributed by atoms with Gasteiger partial charge in [0, 0.05) is 26.8 Å².